The summed E-state index contributed by atoms with van der Waals surface area (Å²) in [5.41, 5.74) is 3.63. The molecule has 0 aliphatic carbocycles. The van der Waals surface area contributed by atoms with Gasteiger partial charge in [0.15, 0.2) is 5.82 Å². The molecule has 0 amide bonds. The van der Waals surface area contributed by atoms with Crippen LogP contribution in [0.1, 0.15) is 16.8 Å². The number of hydrogen-bond donors (Lipinski definition) is 0. The fourth-order valence-corrected chi connectivity index (χ4v) is 4.69. The first-order valence-electron chi connectivity index (χ1n) is 7.59. The van der Waals surface area contributed by atoms with Crippen LogP contribution >= 0.6 is 43.2 Å². The van der Waals surface area contributed by atoms with Gasteiger partial charge < -0.3 is 0 Å². The summed E-state index contributed by atoms with van der Waals surface area (Å²) in [6.45, 7) is 2.74. The molecule has 0 saturated heterocycles. The minimum atomic E-state index is 0.844. The van der Waals surface area contributed by atoms with Crippen molar-refractivity contribution in [3.8, 4) is 10.7 Å². The van der Waals surface area contributed by atoms with Crippen LogP contribution in [0.3, 0.4) is 0 Å². The summed E-state index contributed by atoms with van der Waals surface area (Å²) in [5, 5.41) is 2.06. The topological polar surface area (TPSA) is 41.9 Å². The lowest BCUT2D eigenvalue weighted by atomic mass is 10.1. The Balaban J connectivity index is 1.54. The Labute approximate surface area is 161 Å². The summed E-state index contributed by atoms with van der Waals surface area (Å²) in [4.78, 5) is 17.1. The van der Waals surface area contributed by atoms with Gasteiger partial charge in [-0.2, -0.15) is 0 Å². The smallest absolute Gasteiger partial charge is 0.169 e. The van der Waals surface area contributed by atoms with E-state index >= 15 is 0 Å². The van der Waals surface area contributed by atoms with Crippen LogP contribution in [0.4, 0.5) is 0 Å². The fourth-order valence-electron chi connectivity index (χ4n) is 2.85. The second-order valence-corrected chi connectivity index (χ2v) is 8.34. The molecule has 0 atom stereocenters. The van der Waals surface area contributed by atoms with E-state index in [9.17, 15) is 0 Å². The molecule has 1 aliphatic heterocycles. The minimum Gasteiger partial charge on any atom is -0.294 e. The van der Waals surface area contributed by atoms with Crippen molar-refractivity contribution >= 4 is 43.2 Å². The maximum atomic E-state index is 4.78. The number of rotatable bonds is 3. The molecule has 4 rings (SSSR count). The quantitative estimate of drug-likeness (QED) is 0.562. The van der Waals surface area contributed by atoms with Crippen molar-refractivity contribution in [1.29, 1.82) is 0 Å². The number of hydrogen-bond acceptors (Lipinski definition) is 5. The summed E-state index contributed by atoms with van der Waals surface area (Å²) in [6, 6.07) is 4.11. The molecule has 4 nitrogen and oxygen atoms in total. The molecular formula is C17H14Br2N4S. The Morgan fingerprint density at radius 1 is 1.17 bits per heavy atom. The van der Waals surface area contributed by atoms with Gasteiger partial charge in [0.2, 0.25) is 0 Å². The van der Waals surface area contributed by atoms with Crippen molar-refractivity contribution in [3.63, 3.8) is 0 Å². The Hall–Kier alpha value is -1.15. The first kappa shape index (κ1) is 16.3. The molecule has 0 aromatic carbocycles. The van der Waals surface area contributed by atoms with E-state index in [-0.39, 0.29) is 0 Å². The average molecular weight is 466 g/mol. The maximum Gasteiger partial charge on any atom is 0.169 e. The molecule has 24 heavy (non-hydrogen) atoms. The predicted molar refractivity (Wildman–Crippen MR) is 103 cm³/mol. The fraction of sp³-hybridized carbons (Fsp3) is 0.235. The van der Waals surface area contributed by atoms with Crippen molar-refractivity contribution in [3.05, 3.63) is 61.9 Å². The zero-order chi connectivity index (χ0) is 16.5. The second-order valence-electron chi connectivity index (χ2n) is 5.69. The lowest BCUT2D eigenvalue weighted by Gasteiger charge is -2.28. The summed E-state index contributed by atoms with van der Waals surface area (Å²) >= 11 is 8.87. The van der Waals surface area contributed by atoms with E-state index in [0.29, 0.717) is 0 Å². The van der Waals surface area contributed by atoms with Gasteiger partial charge in [-0.25, -0.2) is 9.97 Å². The van der Waals surface area contributed by atoms with E-state index in [0.717, 1.165) is 45.7 Å². The number of nitrogens with zero attached hydrogens (tertiary/aromatic N) is 4. The highest BCUT2D eigenvalue weighted by Gasteiger charge is 2.20. The van der Waals surface area contributed by atoms with Gasteiger partial charge in [0.05, 0.1) is 10.6 Å². The van der Waals surface area contributed by atoms with Gasteiger partial charge in [-0.1, -0.05) is 6.07 Å². The largest absolute Gasteiger partial charge is 0.294 e. The van der Waals surface area contributed by atoms with Crippen LogP contribution in [-0.4, -0.2) is 26.4 Å². The van der Waals surface area contributed by atoms with Crippen molar-refractivity contribution < 1.29 is 0 Å². The summed E-state index contributed by atoms with van der Waals surface area (Å²) < 4.78 is 2.07. The summed E-state index contributed by atoms with van der Waals surface area (Å²) in [7, 11) is 0. The third-order valence-corrected chi connectivity index (χ3v) is 6.32. The van der Waals surface area contributed by atoms with Crippen LogP contribution in [0.2, 0.25) is 0 Å². The molecule has 3 aromatic heterocycles. The van der Waals surface area contributed by atoms with E-state index in [1.165, 1.54) is 16.8 Å². The van der Waals surface area contributed by atoms with Crippen LogP contribution < -0.4 is 0 Å². The monoisotopic (exact) mass is 464 g/mol. The van der Waals surface area contributed by atoms with Crippen LogP contribution in [0.25, 0.3) is 10.7 Å². The van der Waals surface area contributed by atoms with Crippen LogP contribution in [0, 0.1) is 0 Å². The molecule has 0 spiro atoms. The average Bonchev–Trinajstić information content (AvgIpc) is 3.12. The lowest BCUT2D eigenvalue weighted by Crippen LogP contribution is -2.31. The zero-order valence-corrected chi connectivity index (χ0v) is 16.7. The summed E-state index contributed by atoms with van der Waals surface area (Å²) in [5.74, 6) is 0.844. The SMILES string of the molecule is Brc1cncc(Br)c1CN1CCc2nc(-c3cccs3)ncc2C1. The normalized spacial score (nSPS) is 14.6. The molecule has 0 bridgehead atoms. The Morgan fingerprint density at radius 3 is 2.75 bits per heavy atom. The lowest BCUT2D eigenvalue weighted by molar-refractivity contribution is 0.242. The standard InChI is InChI=1S/C17H14Br2N4S/c18-13-7-20-8-14(19)12(13)10-23-4-3-15-11(9-23)6-21-17(22-15)16-2-1-5-24-16/h1-2,5-8H,3-4,9-10H2. The maximum absolute atomic E-state index is 4.78. The van der Waals surface area contributed by atoms with Gasteiger partial charge in [0.1, 0.15) is 0 Å². The Bertz CT molecular complexity index is 847. The highest BCUT2D eigenvalue weighted by molar-refractivity contribution is 9.11. The Morgan fingerprint density at radius 2 is 2.00 bits per heavy atom. The van der Waals surface area contributed by atoms with Crippen LogP contribution in [0.15, 0.2) is 45.0 Å². The highest BCUT2D eigenvalue weighted by Crippen LogP contribution is 2.28. The number of fused-ring (bicyclic) bond motifs is 1. The highest BCUT2D eigenvalue weighted by atomic mass is 79.9. The van der Waals surface area contributed by atoms with Gasteiger partial charge in [0.25, 0.3) is 0 Å². The van der Waals surface area contributed by atoms with E-state index in [1.54, 1.807) is 11.3 Å². The van der Waals surface area contributed by atoms with Crippen molar-refractivity contribution in [1.82, 2.24) is 19.9 Å². The van der Waals surface area contributed by atoms with Crippen molar-refractivity contribution in [2.45, 2.75) is 19.5 Å². The van der Waals surface area contributed by atoms with Crippen molar-refractivity contribution in [2.24, 2.45) is 0 Å². The van der Waals surface area contributed by atoms with Gasteiger partial charge in [-0.15, -0.1) is 11.3 Å². The summed E-state index contributed by atoms with van der Waals surface area (Å²) in [6.07, 6.45) is 6.62. The molecular weight excluding hydrogens is 452 g/mol. The molecule has 7 heteroatoms. The molecule has 0 radical (unpaired) electrons. The first-order chi connectivity index (χ1) is 11.7. The van der Waals surface area contributed by atoms with Gasteiger partial charge >= 0.3 is 0 Å². The third kappa shape index (κ3) is 3.31. The molecule has 122 valence electrons. The predicted octanol–water partition coefficient (Wildman–Crippen LogP) is 4.68. The van der Waals surface area contributed by atoms with Gasteiger partial charge in [-0.3, -0.25) is 9.88 Å². The second kappa shape index (κ2) is 7.00. The number of thiophene rings is 1. The van der Waals surface area contributed by atoms with Crippen LogP contribution in [-0.2, 0) is 19.5 Å². The van der Waals surface area contributed by atoms with E-state index in [2.05, 4.69) is 58.2 Å². The van der Waals surface area contributed by atoms with Crippen LogP contribution in [0.5, 0.6) is 0 Å². The molecule has 3 aromatic rings. The Kier molecular flexibility index (Phi) is 4.76. The molecule has 0 fully saturated rings. The van der Waals surface area contributed by atoms with E-state index in [4.69, 9.17) is 4.98 Å². The van der Waals surface area contributed by atoms with Gasteiger partial charge in [0, 0.05) is 59.2 Å². The molecule has 1 aliphatic rings. The molecule has 0 saturated carbocycles. The van der Waals surface area contributed by atoms with E-state index in [1.807, 2.05) is 24.7 Å². The minimum absolute atomic E-state index is 0.844. The van der Waals surface area contributed by atoms with Crippen molar-refractivity contribution in [2.75, 3.05) is 6.54 Å². The number of aromatic nitrogens is 3. The number of pyridine rings is 1. The van der Waals surface area contributed by atoms with E-state index < -0.39 is 0 Å². The zero-order valence-electron chi connectivity index (χ0n) is 12.7. The number of halogens is 2. The van der Waals surface area contributed by atoms with Gasteiger partial charge in [-0.05, 0) is 48.9 Å². The molecule has 0 N–H and O–H groups in total. The first-order valence-corrected chi connectivity index (χ1v) is 10.1. The third-order valence-electron chi connectivity index (χ3n) is 4.09. The molecule has 0 unspecified atom stereocenters. The molecule has 4 heterocycles.